The minimum absolute atomic E-state index is 0.273. The Morgan fingerprint density at radius 1 is 1.24 bits per heavy atom. The average Bonchev–Trinajstić information content (AvgIpc) is 3.04. The first kappa shape index (κ1) is 19.4. The standard InChI is InChI=1S/C18H19F5O2/c1-5-9(2)8-11-13(17(11,3)4)16(24)25-18(22,23)10-6-7-12(19)15(21)14(10)20/h6-8,11,13H,5H2,1-4H3. The second-order valence-corrected chi connectivity index (χ2v) is 6.85. The first-order chi connectivity index (χ1) is 11.4. The van der Waals surface area contributed by atoms with Crippen LogP contribution in [-0.4, -0.2) is 5.97 Å². The molecule has 0 radical (unpaired) electrons. The van der Waals surface area contributed by atoms with Gasteiger partial charge in [0, 0.05) is 0 Å². The molecule has 0 saturated heterocycles. The van der Waals surface area contributed by atoms with Gasteiger partial charge >= 0.3 is 12.1 Å². The Morgan fingerprint density at radius 2 is 1.84 bits per heavy atom. The molecule has 0 aromatic heterocycles. The van der Waals surface area contributed by atoms with Crippen LogP contribution < -0.4 is 0 Å². The number of ether oxygens (including phenoxy) is 1. The largest absolute Gasteiger partial charge is 0.431 e. The summed E-state index contributed by atoms with van der Waals surface area (Å²) in [4.78, 5) is 12.1. The SMILES string of the molecule is CCC(C)=CC1C(C(=O)OC(F)(F)c2ccc(F)c(F)c2F)C1(C)C. The fraction of sp³-hybridized carbons (Fsp3) is 0.500. The van der Waals surface area contributed by atoms with Gasteiger partial charge in [0.25, 0.3) is 0 Å². The van der Waals surface area contributed by atoms with E-state index in [2.05, 4.69) is 4.74 Å². The van der Waals surface area contributed by atoms with Crippen molar-refractivity contribution in [1.82, 2.24) is 0 Å². The summed E-state index contributed by atoms with van der Waals surface area (Å²) in [6, 6.07) is 0.713. The number of rotatable bonds is 5. The van der Waals surface area contributed by atoms with Crippen molar-refractivity contribution < 1.29 is 31.5 Å². The zero-order valence-electron chi connectivity index (χ0n) is 14.3. The van der Waals surface area contributed by atoms with Crippen LogP contribution >= 0.6 is 0 Å². The van der Waals surface area contributed by atoms with Crippen molar-refractivity contribution in [1.29, 1.82) is 0 Å². The minimum atomic E-state index is -4.40. The van der Waals surface area contributed by atoms with E-state index in [1.807, 2.05) is 19.9 Å². The molecule has 1 aliphatic carbocycles. The van der Waals surface area contributed by atoms with Gasteiger partial charge in [-0.15, -0.1) is 0 Å². The summed E-state index contributed by atoms with van der Waals surface area (Å²) in [6.07, 6.45) is -1.81. The zero-order valence-corrected chi connectivity index (χ0v) is 14.3. The van der Waals surface area contributed by atoms with Gasteiger partial charge in [-0.1, -0.05) is 32.4 Å². The van der Waals surface area contributed by atoms with Gasteiger partial charge in [0.2, 0.25) is 0 Å². The Kier molecular flexibility index (Phi) is 4.99. The molecule has 0 bridgehead atoms. The van der Waals surface area contributed by atoms with Crippen LogP contribution in [0.25, 0.3) is 0 Å². The fourth-order valence-corrected chi connectivity index (χ4v) is 2.86. The van der Waals surface area contributed by atoms with Crippen molar-refractivity contribution in [3.8, 4) is 0 Å². The number of carbonyl (C=O) groups excluding carboxylic acids is 1. The molecule has 25 heavy (non-hydrogen) atoms. The maximum atomic E-state index is 14.1. The highest BCUT2D eigenvalue weighted by atomic mass is 19.3. The van der Waals surface area contributed by atoms with Crippen molar-refractivity contribution in [3.63, 3.8) is 0 Å². The zero-order chi connectivity index (χ0) is 19.2. The molecule has 7 heteroatoms. The van der Waals surface area contributed by atoms with E-state index in [-0.39, 0.29) is 5.92 Å². The Balaban J connectivity index is 2.22. The first-order valence-electron chi connectivity index (χ1n) is 7.85. The number of esters is 1. The van der Waals surface area contributed by atoms with Crippen LogP contribution in [0.1, 0.15) is 39.7 Å². The number of allylic oxidation sites excluding steroid dienone is 2. The van der Waals surface area contributed by atoms with Crippen LogP contribution in [0, 0.1) is 34.7 Å². The molecule has 0 spiro atoms. The summed E-state index contributed by atoms with van der Waals surface area (Å²) in [5, 5.41) is 0. The predicted molar refractivity (Wildman–Crippen MR) is 81.1 cm³/mol. The highest BCUT2D eigenvalue weighted by Crippen LogP contribution is 2.60. The van der Waals surface area contributed by atoms with E-state index >= 15 is 0 Å². The predicted octanol–water partition coefficient (Wildman–Crippen LogP) is 5.32. The van der Waals surface area contributed by atoms with Gasteiger partial charge in [0.05, 0.1) is 5.92 Å². The minimum Gasteiger partial charge on any atom is -0.397 e. The van der Waals surface area contributed by atoms with E-state index in [9.17, 15) is 26.7 Å². The third-order valence-corrected chi connectivity index (χ3v) is 4.76. The van der Waals surface area contributed by atoms with Gasteiger partial charge in [0.1, 0.15) is 5.56 Å². The molecule has 1 fully saturated rings. The lowest BCUT2D eigenvalue weighted by molar-refractivity contribution is -0.243. The van der Waals surface area contributed by atoms with Gasteiger partial charge in [-0.25, -0.2) is 13.2 Å². The van der Waals surface area contributed by atoms with Crippen molar-refractivity contribution in [3.05, 3.63) is 46.8 Å². The van der Waals surface area contributed by atoms with Crippen molar-refractivity contribution in [2.24, 2.45) is 17.3 Å². The van der Waals surface area contributed by atoms with E-state index in [0.717, 1.165) is 12.0 Å². The summed E-state index contributed by atoms with van der Waals surface area (Å²) >= 11 is 0. The van der Waals surface area contributed by atoms with Crippen LogP contribution in [0.2, 0.25) is 0 Å². The summed E-state index contributed by atoms with van der Waals surface area (Å²) in [5.41, 5.74) is -1.09. The summed E-state index contributed by atoms with van der Waals surface area (Å²) in [5.74, 6) is -8.01. The fourth-order valence-electron chi connectivity index (χ4n) is 2.86. The van der Waals surface area contributed by atoms with E-state index in [0.29, 0.717) is 12.1 Å². The normalized spacial score (nSPS) is 22.7. The molecule has 138 valence electrons. The van der Waals surface area contributed by atoms with Crippen LogP contribution in [0.3, 0.4) is 0 Å². The molecule has 2 atom stereocenters. The van der Waals surface area contributed by atoms with E-state index < -0.39 is 46.4 Å². The van der Waals surface area contributed by atoms with Gasteiger partial charge in [0.15, 0.2) is 17.5 Å². The van der Waals surface area contributed by atoms with Crippen molar-refractivity contribution in [2.75, 3.05) is 0 Å². The second-order valence-electron chi connectivity index (χ2n) is 6.85. The Bertz CT molecular complexity index is 724. The molecule has 2 rings (SSSR count). The second kappa shape index (κ2) is 6.42. The maximum Gasteiger partial charge on any atom is 0.431 e. The number of alkyl halides is 2. The lowest BCUT2D eigenvalue weighted by Gasteiger charge is -2.18. The maximum absolute atomic E-state index is 14.1. The lowest BCUT2D eigenvalue weighted by Crippen LogP contribution is -2.26. The molecular weight excluding hydrogens is 343 g/mol. The topological polar surface area (TPSA) is 26.3 Å². The molecule has 1 saturated carbocycles. The smallest absolute Gasteiger partial charge is 0.397 e. The molecular formula is C18H19F5O2. The summed E-state index contributed by atoms with van der Waals surface area (Å²) < 4.78 is 72.0. The average molecular weight is 362 g/mol. The number of benzene rings is 1. The third kappa shape index (κ3) is 3.55. The molecule has 2 nitrogen and oxygen atoms in total. The Labute approximate surface area is 142 Å². The summed E-state index contributed by atoms with van der Waals surface area (Å²) in [7, 11) is 0. The van der Waals surface area contributed by atoms with Crippen LogP contribution in [0.15, 0.2) is 23.8 Å². The summed E-state index contributed by atoms with van der Waals surface area (Å²) in [6.45, 7) is 7.26. The third-order valence-electron chi connectivity index (χ3n) is 4.76. The van der Waals surface area contributed by atoms with E-state index in [1.54, 1.807) is 13.8 Å². The highest BCUT2D eigenvalue weighted by Gasteiger charge is 2.62. The number of hydrogen-bond acceptors (Lipinski definition) is 2. The van der Waals surface area contributed by atoms with Crippen LogP contribution in [-0.2, 0) is 15.6 Å². The number of hydrogen-bond donors (Lipinski definition) is 0. The van der Waals surface area contributed by atoms with Crippen LogP contribution in [0.5, 0.6) is 0 Å². The lowest BCUT2D eigenvalue weighted by atomic mass is 10.1. The Morgan fingerprint density at radius 3 is 2.40 bits per heavy atom. The van der Waals surface area contributed by atoms with Gasteiger partial charge in [-0.3, -0.25) is 4.79 Å². The van der Waals surface area contributed by atoms with Gasteiger partial charge < -0.3 is 4.74 Å². The molecule has 1 aliphatic rings. The first-order valence-corrected chi connectivity index (χ1v) is 7.85. The molecule has 2 unspecified atom stereocenters. The molecule has 0 N–H and O–H groups in total. The van der Waals surface area contributed by atoms with Gasteiger partial charge in [-0.05, 0) is 36.8 Å². The molecule has 1 aromatic rings. The number of halogens is 5. The van der Waals surface area contributed by atoms with E-state index in [1.165, 1.54) is 0 Å². The highest BCUT2D eigenvalue weighted by molar-refractivity contribution is 5.78. The monoisotopic (exact) mass is 362 g/mol. The molecule has 0 aliphatic heterocycles. The van der Waals surface area contributed by atoms with Gasteiger partial charge in [-0.2, -0.15) is 8.78 Å². The molecule has 0 heterocycles. The van der Waals surface area contributed by atoms with Crippen molar-refractivity contribution in [2.45, 2.75) is 40.2 Å². The Hall–Kier alpha value is -1.92. The molecule has 1 aromatic carbocycles. The molecule has 0 amide bonds. The van der Waals surface area contributed by atoms with E-state index in [4.69, 9.17) is 0 Å². The number of carbonyl (C=O) groups is 1. The van der Waals surface area contributed by atoms with Crippen molar-refractivity contribution >= 4 is 5.97 Å². The quantitative estimate of drug-likeness (QED) is 0.306. The van der Waals surface area contributed by atoms with Crippen LogP contribution in [0.4, 0.5) is 22.0 Å².